The van der Waals surface area contributed by atoms with E-state index in [1.165, 1.54) is 13.8 Å². The zero-order valence-corrected chi connectivity index (χ0v) is 13.8. The van der Waals surface area contributed by atoms with Gasteiger partial charge in [0.2, 0.25) is 10.0 Å². The molecule has 0 atom stereocenters. The van der Waals surface area contributed by atoms with Crippen molar-refractivity contribution in [2.45, 2.75) is 45.6 Å². The molecule has 9 nitrogen and oxygen atoms in total. The number of carbonyl (C=O) groups excluding carboxylic acids is 2. The van der Waals surface area contributed by atoms with Crippen LogP contribution in [0.1, 0.15) is 39.5 Å². The number of aliphatic imine (C=N–C) groups is 1. The molecule has 0 aromatic rings. The van der Waals surface area contributed by atoms with Crippen molar-refractivity contribution in [2.24, 2.45) is 4.99 Å². The first kappa shape index (κ1) is 18.2. The number of amides is 3. The van der Waals surface area contributed by atoms with Gasteiger partial charge in [0.25, 0.3) is 0 Å². The number of nitrogens with one attached hydrogen (secondary N) is 2. The van der Waals surface area contributed by atoms with E-state index < -0.39 is 28.2 Å². The van der Waals surface area contributed by atoms with Crippen molar-refractivity contribution >= 4 is 28.0 Å². The Morgan fingerprint density at radius 1 is 1.27 bits per heavy atom. The fourth-order valence-electron chi connectivity index (χ4n) is 2.00. The largest absolute Gasteiger partial charge is 0.439 e. The molecular formula is C12H22N4O5S. The van der Waals surface area contributed by atoms with E-state index in [2.05, 4.69) is 15.3 Å². The van der Waals surface area contributed by atoms with Gasteiger partial charge in [-0.05, 0) is 26.7 Å². The lowest BCUT2D eigenvalue weighted by atomic mass is 10.2. The second kappa shape index (κ2) is 7.97. The summed E-state index contributed by atoms with van der Waals surface area (Å²) in [6.45, 7) is 3.69. The highest BCUT2D eigenvalue weighted by atomic mass is 32.2. The molecule has 0 radical (unpaired) electrons. The molecule has 1 aliphatic heterocycles. The molecule has 1 aliphatic rings. The van der Waals surface area contributed by atoms with Crippen LogP contribution in [0.4, 0.5) is 9.59 Å². The molecule has 1 heterocycles. The fraction of sp³-hybridized carbons (Fsp3) is 0.750. The van der Waals surface area contributed by atoms with E-state index in [1.54, 1.807) is 0 Å². The first-order chi connectivity index (χ1) is 10.2. The molecule has 0 unspecified atom stereocenters. The Labute approximate surface area is 130 Å². The van der Waals surface area contributed by atoms with Crippen LogP contribution in [0.2, 0.25) is 0 Å². The number of urea groups is 1. The van der Waals surface area contributed by atoms with Crippen molar-refractivity contribution in [3.05, 3.63) is 0 Å². The van der Waals surface area contributed by atoms with Crippen LogP contribution in [0.15, 0.2) is 4.99 Å². The molecule has 0 spiro atoms. The van der Waals surface area contributed by atoms with Gasteiger partial charge in [-0.1, -0.05) is 6.42 Å². The summed E-state index contributed by atoms with van der Waals surface area (Å²) in [6.07, 6.45) is 3.42. The Morgan fingerprint density at radius 3 is 2.55 bits per heavy atom. The predicted molar refractivity (Wildman–Crippen MR) is 80.7 cm³/mol. The van der Waals surface area contributed by atoms with Crippen LogP contribution in [0.5, 0.6) is 0 Å². The third kappa shape index (κ3) is 5.88. The first-order valence-electron chi connectivity index (χ1n) is 7.02. The van der Waals surface area contributed by atoms with E-state index in [1.807, 2.05) is 5.32 Å². The van der Waals surface area contributed by atoms with Crippen molar-refractivity contribution in [1.29, 1.82) is 0 Å². The molecule has 2 N–H and O–H groups in total. The van der Waals surface area contributed by atoms with Crippen molar-refractivity contribution in [3.63, 3.8) is 0 Å². The number of sulfonamides is 1. The molecule has 0 aromatic heterocycles. The summed E-state index contributed by atoms with van der Waals surface area (Å²) in [4.78, 5) is 32.2. The third-order valence-corrected chi connectivity index (χ3v) is 4.17. The number of hydroxylamine groups is 1. The molecule has 0 saturated carbocycles. The van der Waals surface area contributed by atoms with Crippen molar-refractivity contribution in [3.8, 4) is 0 Å². The maximum absolute atomic E-state index is 11.8. The quantitative estimate of drug-likeness (QED) is 0.727. The van der Waals surface area contributed by atoms with Crippen LogP contribution in [0, 0.1) is 0 Å². The van der Waals surface area contributed by atoms with Gasteiger partial charge in [-0.25, -0.2) is 33.1 Å². The number of rotatable bonds is 2. The Balaban J connectivity index is 2.53. The smallest absolute Gasteiger partial charge is 0.323 e. The maximum Gasteiger partial charge on any atom is 0.439 e. The van der Waals surface area contributed by atoms with E-state index in [4.69, 9.17) is 0 Å². The summed E-state index contributed by atoms with van der Waals surface area (Å²) in [7, 11) is -3.78. The summed E-state index contributed by atoms with van der Waals surface area (Å²) >= 11 is 0. The fourth-order valence-corrected chi connectivity index (χ4v) is 3.11. The topological polar surface area (TPSA) is 117 Å². The number of imide groups is 1. The van der Waals surface area contributed by atoms with Crippen LogP contribution in [-0.2, 0) is 14.9 Å². The SMILES string of the molecule is CC(C)N(C(=O)NC(=O)ONC1=NCCCCC1)S(C)(=O)=O. The minimum atomic E-state index is -3.78. The van der Waals surface area contributed by atoms with Gasteiger partial charge >= 0.3 is 12.1 Å². The van der Waals surface area contributed by atoms with Crippen molar-refractivity contribution < 1.29 is 22.8 Å². The van der Waals surface area contributed by atoms with E-state index >= 15 is 0 Å². The number of carbonyl (C=O) groups is 2. The lowest BCUT2D eigenvalue weighted by Crippen LogP contribution is -2.49. The molecule has 1 rings (SSSR count). The predicted octanol–water partition coefficient (Wildman–Crippen LogP) is 0.980. The zero-order chi connectivity index (χ0) is 16.8. The minimum Gasteiger partial charge on any atom is -0.323 e. The monoisotopic (exact) mass is 334 g/mol. The lowest BCUT2D eigenvalue weighted by Gasteiger charge is -2.23. The van der Waals surface area contributed by atoms with Gasteiger partial charge in [0.05, 0.1) is 6.26 Å². The van der Waals surface area contributed by atoms with Gasteiger partial charge < -0.3 is 4.84 Å². The molecule has 22 heavy (non-hydrogen) atoms. The summed E-state index contributed by atoms with van der Waals surface area (Å²) in [5.41, 5.74) is 2.39. The Hall–Kier alpha value is -1.84. The number of hydrogen-bond acceptors (Lipinski definition) is 7. The molecule has 0 saturated heterocycles. The molecule has 10 heteroatoms. The number of amidine groups is 1. The summed E-state index contributed by atoms with van der Waals surface area (Å²) in [5, 5.41) is 1.85. The van der Waals surface area contributed by atoms with Crippen LogP contribution in [0.25, 0.3) is 0 Å². The first-order valence-corrected chi connectivity index (χ1v) is 8.87. The summed E-state index contributed by atoms with van der Waals surface area (Å²) in [5.74, 6) is 0.531. The maximum atomic E-state index is 11.8. The molecule has 3 amide bonds. The number of hydrogen-bond donors (Lipinski definition) is 2. The van der Waals surface area contributed by atoms with Crippen molar-refractivity contribution in [2.75, 3.05) is 12.8 Å². The molecule has 0 bridgehead atoms. The highest BCUT2D eigenvalue weighted by molar-refractivity contribution is 7.88. The Bertz CT molecular complexity index is 544. The Kier molecular flexibility index (Phi) is 6.60. The molecule has 0 aromatic carbocycles. The zero-order valence-electron chi connectivity index (χ0n) is 13.0. The van der Waals surface area contributed by atoms with E-state index in [0.29, 0.717) is 23.1 Å². The van der Waals surface area contributed by atoms with Crippen LogP contribution < -0.4 is 10.8 Å². The van der Waals surface area contributed by atoms with Gasteiger partial charge in [0.1, 0.15) is 5.84 Å². The second-order valence-electron chi connectivity index (χ2n) is 5.21. The highest BCUT2D eigenvalue weighted by Gasteiger charge is 2.28. The van der Waals surface area contributed by atoms with Gasteiger partial charge in [-0.15, -0.1) is 0 Å². The lowest BCUT2D eigenvalue weighted by molar-refractivity contribution is 0.119. The molecule has 0 aliphatic carbocycles. The molecule has 0 fully saturated rings. The third-order valence-electron chi connectivity index (χ3n) is 2.87. The van der Waals surface area contributed by atoms with Gasteiger partial charge in [0, 0.05) is 19.0 Å². The van der Waals surface area contributed by atoms with Crippen LogP contribution >= 0.6 is 0 Å². The Morgan fingerprint density at radius 2 is 1.95 bits per heavy atom. The average molecular weight is 334 g/mol. The van der Waals surface area contributed by atoms with Gasteiger partial charge in [0.15, 0.2) is 0 Å². The standard InChI is InChI=1S/C12H22N4O5S/c1-9(2)16(22(3,19)20)11(17)14-12(18)21-15-10-7-5-4-6-8-13-10/h9H,4-8H2,1-3H3,(H,13,15)(H,14,17,18). The minimum absolute atomic E-state index is 0.531. The van der Waals surface area contributed by atoms with Crippen molar-refractivity contribution in [1.82, 2.24) is 15.1 Å². The van der Waals surface area contributed by atoms with Gasteiger partial charge in [-0.2, -0.15) is 0 Å². The molecule has 126 valence electrons. The van der Waals surface area contributed by atoms with E-state index in [-0.39, 0.29) is 0 Å². The van der Waals surface area contributed by atoms with E-state index in [0.717, 1.165) is 25.5 Å². The van der Waals surface area contributed by atoms with Crippen LogP contribution in [0.3, 0.4) is 0 Å². The number of nitrogens with zero attached hydrogens (tertiary/aromatic N) is 2. The molecular weight excluding hydrogens is 312 g/mol. The highest BCUT2D eigenvalue weighted by Crippen LogP contribution is 2.07. The van der Waals surface area contributed by atoms with Gasteiger partial charge in [-0.3, -0.25) is 4.99 Å². The normalized spacial score (nSPS) is 15.5. The van der Waals surface area contributed by atoms with E-state index in [9.17, 15) is 18.0 Å². The average Bonchev–Trinajstić information content (AvgIpc) is 2.62. The van der Waals surface area contributed by atoms with Crippen LogP contribution in [-0.4, -0.2) is 49.5 Å². The summed E-state index contributed by atoms with van der Waals surface area (Å²) in [6, 6.07) is -1.69. The summed E-state index contributed by atoms with van der Waals surface area (Å²) < 4.78 is 23.6. The second-order valence-corrected chi connectivity index (χ2v) is 7.07.